The van der Waals surface area contributed by atoms with E-state index >= 15 is 0 Å². The zero-order chi connectivity index (χ0) is 14.4. The molecule has 1 unspecified atom stereocenters. The van der Waals surface area contributed by atoms with Crippen LogP contribution in [0.4, 0.5) is 0 Å². The smallest absolute Gasteiger partial charge is 0.0207 e. The molecule has 1 N–H and O–H groups in total. The maximum Gasteiger partial charge on any atom is 0.0207 e. The minimum Gasteiger partial charge on any atom is -0.316 e. The number of rotatable bonds is 6. The van der Waals surface area contributed by atoms with Crippen LogP contribution < -0.4 is 5.32 Å². The molecule has 0 saturated carbocycles. The van der Waals surface area contributed by atoms with Crippen LogP contribution in [0.3, 0.4) is 0 Å². The van der Waals surface area contributed by atoms with Crippen molar-refractivity contribution < 1.29 is 0 Å². The predicted octanol–water partition coefficient (Wildman–Crippen LogP) is 5.15. The van der Waals surface area contributed by atoms with E-state index in [4.69, 9.17) is 0 Å². The lowest BCUT2D eigenvalue weighted by Gasteiger charge is -2.19. The highest BCUT2D eigenvalue weighted by Crippen LogP contribution is 2.26. The molecule has 0 fully saturated rings. The van der Waals surface area contributed by atoms with Crippen LogP contribution in [0.2, 0.25) is 0 Å². The Morgan fingerprint density at radius 1 is 1.05 bits per heavy atom. The van der Waals surface area contributed by atoms with E-state index < -0.39 is 0 Å². The molecule has 0 heterocycles. The minimum atomic E-state index is 0.478. The maximum atomic E-state index is 3.65. The van der Waals surface area contributed by atoms with Gasteiger partial charge in [0.15, 0.2) is 0 Å². The Kier molecular flexibility index (Phi) is 6.27. The fourth-order valence-corrected chi connectivity index (χ4v) is 3.18. The van der Waals surface area contributed by atoms with Crippen LogP contribution in [0.1, 0.15) is 24.0 Å². The molecule has 0 radical (unpaired) electrons. The zero-order valence-corrected chi connectivity index (χ0v) is 14.7. The molecule has 1 nitrogen and oxygen atoms in total. The molecule has 0 aromatic heterocycles. The van der Waals surface area contributed by atoms with Gasteiger partial charge < -0.3 is 5.32 Å². The van der Waals surface area contributed by atoms with Crippen LogP contribution >= 0.6 is 31.9 Å². The Balaban J connectivity index is 2.21. The van der Waals surface area contributed by atoms with Crippen LogP contribution in [0, 0.1) is 0 Å². The SMILES string of the molecule is CCNCC(Cc1ccccc1Br)c1cccc(Br)c1. The molecule has 0 spiro atoms. The fraction of sp³-hybridized carbons (Fsp3) is 0.294. The molecule has 2 rings (SSSR count). The topological polar surface area (TPSA) is 12.0 Å². The molecule has 0 saturated heterocycles. The third kappa shape index (κ3) is 4.44. The van der Waals surface area contributed by atoms with Gasteiger partial charge in [-0.25, -0.2) is 0 Å². The summed E-state index contributed by atoms with van der Waals surface area (Å²) < 4.78 is 2.33. The first kappa shape index (κ1) is 15.7. The second-order valence-electron chi connectivity index (χ2n) is 4.86. The van der Waals surface area contributed by atoms with Crippen molar-refractivity contribution >= 4 is 31.9 Å². The van der Waals surface area contributed by atoms with Crippen molar-refractivity contribution in [2.24, 2.45) is 0 Å². The molecule has 106 valence electrons. The molecule has 2 aromatic rings. The highest BCUT2D eigenvalue weighted by molar-refractivity contribution is 9.10. The summed E-state index contributed by atoms with van der Waals surface area (Å²) in [5, 5.41) is 3.48. The largest absolute Gasteiger partial charge is 0.316 e. The van der Waals surface area contributed by atoms with Crippen molar-refractivity contribution in [1.29, 1.82) is 0 Å². The van der Waals surface area contributed by atoms with Crippen LogP contribution in [-0.4, -0.2) is 13.1 Å². The molecule has 0 aliphatic heterocycles. The van der Waals surface area contributed by atoms with E-state index in [1.165, 1.54) is 15.6 Å². The summed E-state index contributed by atoms with van der Waals surface area (Å²) in [5.41, 5.74) is 2.73. The summed E-state index contributed by atoms with van der Waals surface area (Å²) in [4.78, 5) is 0. The summed E-state index contributed by atoms with van der Waals surface area (Å²) >= 11 is 7.22. The Morgan fingerprint density at radius 2 is 1.85 bits per heavy atom. The van der Waals surface area contributed by atoms with E-state index in [9.17, 15) is 0 Å². The average Bonchev–Trinajstić information content (AvgIpc) is 2.45. The van der Waals surface area contributed by atoms with Gasteiger partial charge in [0.25, 0.3) is 0 Å². The third-order valence-electron chi connectivity index (χ3n) is 3.38. The number of likely N-dealkylation sites (N-methyl/N-ethyl adjacent to an activating group) is 1. The molecule has 0 aliphatic rings. The second-order valence-corrected chi connectivity index (χ2v) is 6.63. The molecule has 1 atom stereocenters. The monoisotopic (exact) mass is 395 g/mol. The van der Waals surface area contributed by atoms with Gasteiger partial charge in [0, 0.05) is 21.4 Å². The molecule has 20 heavy (non-hydrogen) atoms. The number of nitrogens with one attached hydrogen (secondary N) is 1. The van der Waals surface area contributed by atoms with Crippen molar-refractivity contribution in [2.75, 3.05) is 13.1 Å². The summed E-state index contributed by atoms with van der Waals surface area (Å²) in [6, 6.07) is 17.1. The van der Waals surface area contributed by atoms with Gasteiger partial charge in [0.2, 0.25) is 0 Å². The van der Waals surface area contributed by atoms with Gasteiger partial charge in [0.1, 0.15) is 0 Å². The zero-order valence-electron chi connectivity index (χ0n) is 11.6. The fourth-order valence-electron chi connectivity index (χ4n) is 2.32. The highest BCUT2D eigenvalue weighted by Gasteiger charge is 2.13. The molecule has 2 aromatic carbocycles. The van der Waals surface area contributed by atoms with Gasteiger partial charge in [-0.1, -0.05) is 69.1 Å². The first-order chi connectivity index (χ1) is 9.70. The molecular formula is C17H19Br2N. The van der Waals surface area contributed by atoms with Crippen molar-refractivity contribution in [3.8, 4) is 0 Å². The Morgan fingerprint density at radius 3 is 2.55 bits per heavy atom. The quantitative estimate of drug-likeness (QED) is 0.711. The van der Waals surface area contributed by atoms with Crippen molar-refractivity contribution in [2.45, 2.75) is 19.3 Å². The van der Waals surface area contributed by atoms with Crippen LogP contribution in [0.15, 0.2) is 57.5 Å². The normalized spacial score (nSPS) is 12.3. The molecule has 0 aliphatic carbocycles. The first-order valence-corrected chi connectivity index (χ1v) is 8.49. The lowest BCUT2D eigenvalue weighted by Crippen LogP contribution is -2.22. The van der Waals surface area contributed by atoms with Gasteiger partial charge in [-0.3, -0.25) is 0 Å². The average molecular weight is 397 g/mol. The third-order valence-corrected chi connectivity index (χ3v) is 4.65. The van der Waals surface area contributed by atoms with E-state index in [1.54, 1.807) is 0 Å². The first-order valence-electron chi connectivity index (χ1n) is 6.90. The van der Waals surface area contributed by atoms with E-state index in [0.29, 0.717) is 5.92 Å². The Labute approximate surface area is 138 Å². The number of benzene rings is 2. The van der Waals surface area contributed by atoms with Gasteiger partial charge in [-0.15, -0.1) is 0 Å². The van der Waals surface area contributed by atoms with E-state index in [0.717, 1.165) is 24.0 Å². The number of halogens is 2. The van der Waals surface area contributed by atoms with Crippen LogP contribution in [0.5, 0.6) is 0 Å². The van der Waals surface area contributed by atoms with Crippen LogP contribution in [0.25, 0.3) is 0 Å². The van der Waals surface area contributed by atoms with Gasteiger partial charge in [-0.05, 0) is 42.3 Å². The summed E-state index contributed by atoms with van der Waals surface area (Å²) in [6.45, 7) is 4.14. The molecule has 0 amide bonds. The summed E-state index contributed by atoms with van der Waals surface area (Å²) in [5.74, 6) is 0.478. The Bertz CT molecular complexity index is 554. The van der Waals surface area contributed by atoms with Crippen LogP contribution in [-0.2, 0) is 6.42 Å². The lowest BCUT2D eigenvalue weighted by atomic mass is 9.92. The minimum absolute atomic E-state index is 0.478. The molecule has 3 heteroatoms. The number of hydrogen-bond acceptors (Lipinski definition) is 1. The lowest BCUT2D eigenvalue weighted by molar-refractivity contribution is 0.594. The van der Waals surface area contributed by atoms with Crippen molar-refractivity contribution in [1.82, 2.24) is 5.32 Å². The van der Waals surface area contributed by atoms with E-state index in [2.05, 4.69) is 92.6 Å². The molecule has 0 bridgehead atoms. The van der Waals surface area contributed by atoms with Gasteiger partial charge >= 0.3 is 0 Å². The van der Waals surface area contributed by atoms with Crippen molar-refractivity contribution in [3.05, 3.63) is 68.6 Å². The van der Waals surface area contributed by atoms with Gasteiger partial charge in [-0.2, -0.15) is 0 Å². The van der Waals surface area contributed by atoms with Crippen molar-refractivity contribution in [3.63, 3.8) is 0 Å². The van der Waals surface area contributed by atoms with E-state index in [-0.39, 0.29) is 0 Å². The summed E-state index contributed by atoms with van der Waals surface area (Å²) in [7, 11) is 0. The second kappa shape index (κ2) is 7.96. The standard InChI is InChI=1S/C17H19Br2N/c1-2-20-12-15(13-7-5-8-16(18)11-13)10-14-6-3-4-9-17(14)19/h3-9,11,15,20H,2,10,12H2,1H3. The van der Waals surface area contributed by atoms with Gasteiger partial charge in [0.05, 0.1) is 0 Å². The highest BCUT2D eigenvalue weighted by atomic mass is 79.9. The maximum absolute atomic E-state index is 3.65. The predicted molar refractivity (Wildman–Crippen MR) is 93.3 cm³/mol. The summed E-state index contributed by atoms with van der Waals surface area (Å²) in [6.07, 6.45) is 1.03. The Hall–Kier alpha value is -0.640. The van der Waals surface area contributed by atoms with E-state index in [1.807, 2.05) is 0 Å². The number of hydrogen-bond donors (Lipinski definition) is 1. The molecular weight excluding hydrogens is 378 g/mol.